The number of rotatable bonds is 3. The van der Waals surface area contributed by atoms with Gasteiger partial charge in [0.2, 0.25) is 5.90 Å². The van der Waals surface area contributed by atoms with Crippen molar-refractivity contribution >= 4 is 11.7 Å². The van der Waals surface area contributed by atoms with E-state index in [1.54, 1.807) is 0 Å². The van der Waals surface area contributed by atoms with Gasteiger partial charge in [-0.1, -0.05) is 0 Å². The standard InChI is InChI=1S/C14H17FN2O2/c1-3-19-14-9(2)16-8-12(17-14)13(18)10-4-6-11(15)7-5-10/h4-7,9,12,16H,3,8H2,1-2H3. The summed E-state index contributed by atoms with van der Waals surface area (Å²) in [4.78, 5) is 16.6. The molecule has 1 aromatic rings. The normalized spacial score (nSPS) is 22.8. The van der Waals surface area contributed by atoms with Crippen LogP contribution in [0, 0.1) is 5.82 Å². The first-order valence-corrected chi connectivity index (χ1v) is 6.35. The molecule has 5 heteroatoms. The number of carbonyl (C=O) groups excluding carboxylic acids is 1. The van der Waals surface area contributed by atoms with Gasteiger partial charge in [-0.15, -0.1) is 0 Å². The van der Waals surface area contributed by atoms with Crippen LogP contribution in [0.1, 0.15) is 24.2 Å². The smallest absolute Gasteiger partial charge is 0.201 e. The van der Waals surface area contributed by atoms with Crippen molar-refractivity contribution in [3.63, 3.8) is 0 Å². The lowest BCUT2D eigenvalue weighted by atomic mass is 10.0. The van der Waals surface area contributed by atoms with E-state index in [1.807, 2.05) is 13.8 Å². The van der Waals surface area contributed by atoms with Crippen molar-refractivity contribution in [1.29, 1.82) is 0 Å². The van der Waals surface area contributed by atoms with Gasteiger partial charge in [0.05, 0.1) is 12.6 Å². The molecule has 0 radical (unpaired) electrons. The van der Waals surface area contributed by atoms with Gasteiger partial charge in [-0.3, -0.25) is 4.79 Å². The van der Waals surface area contributed by atoms with Crippen molar-refractivity contribution in [2.45, 2.75) is 25.9 Å². The first kappa shape index (κ1) is 13.7. The van der Waals surface area contributed by atoms with Crippen molar-refractivity contribution in [2.75, 3.05) is 13.2 Å². The largest absolute Gasteiger partial charge is 0.480 e. The Labute approximate surface area is 111 Å². The molecule has 0 aliphatic carbocycles. The molecule has 4 nitrogen and oxygen atoms in total. The Kier molecular flexibility index (Phi) is 4.27. The summed E-state index contributed by atoms with van der Waals surface area (Å²) in [6, 6.07) is 5.01. The molecule has 2 rings (SSSR count). The van der Waals surface area contributed by atoms with Crippen LogP contribution in [0.15, 0.2) is 29.3 Å². The highest BCUT2D eigenvalue weighted by atomic mass is 19.1. The Morgan fingerprint density at radius 3 is 2.79 bits per heavy atom. The van der Waals surface area contributed by atoms with Gasteiger partial charge >= 0.3 is 0 Å². The number of hydrogen-bond acceptors (Lipinski definition) is 4. The third-order valence-corrected chi connectivity index (χ3v) is 2.99. The van der Waals surface area contributed by atoms with Crippen LogP contribution in [0.4, 0.5) is 4.39 Å². The highest BCUT2D eigenvalue weighted by Gasteiger charge is 2.27. The predicted octanol–water partition coefficient (Wildman–Crippen LogP) is 1.80. The average molecular weight is 264 g/mol. The fourth-order valence-corrected chi connectivity index (χ4v) is 1.95. The highest BCUT2D eigenvalue weighted by Crippen LogP contribution is 2.12. The van der Waals surface area contributed by atoms with E-state index < -0.39 is 6.04 Å². The van der Waals surface area contributed by atoms with E-state index in [-0.39, 0.29) is 17.6 Å². The lowest BCUT2D eigenvalue weighted by molar-refractivity contribution is 0.0955. The summed E-state index contributed by atoms with van der Waals surface area (Å²) < 4.78 is 18.2. The fraction of sp³-hybridized carbons (Fsp3) is 0.429. The summed E-state index contributed by atoms with van der Waals surface area (Å²) in [5.41, 5.74) is 0.461. The first-order chi connectivity index (χ1) is 9.11. The molecule has 0 fully saturated rings. The Morgan fingerprint density at radius 1 is 1.47 bits per heavy atom. The number of hydrogen-bond donors (Lipinski definition) is 1. The molecule has 1 aliphatic heterocycles. The molecule has 1 aromatic carbocycles. The van der Waals surface area contributed by atoms with E-state index in [0.717, 1.165) is 0 Å². The molecule has 1 N–H and O–H groups in total. The molecular weight excluding hydrogens is 247 g/mol. The van der Waals surface area contributed by atoms with Gasteiger partial charge < -0.3 is 10.1 Å². The summed E-state index contributed by atoms with van der Waals surface area (Å²) in [5.74, 6) is 0.0660. The summed E-state index contributed by atoms with van der Waals surface area (Å²) in [6.45, 7) is 4.80. The number of carbonyl (C=O) groups is 1. The number of aliphatic imine (C=N–C) groups is 1. The molecule has 0 saturated carbocycles. The molecule has 102 valence electrons. The van der Waals surface area contributed by atoms with Crippen molar-refractivity contribution in [3.05, 3.63) is 35.6 Å². The van der Waals surface area contributed by atoms with E-state index in [1.165, 1.54) is 24.3 Å². The van der Waals surface area contributed by atoms with Crippen LogP contribution in [0.2, 0.25) is 0 Å². The van der Waals surface area contributed by atoms with Gasteiger partial charge in [-0.2, -0.15) is 0 Å². The summed E-state index contributed by atoms with van der Waals surface area (Å²) in [6.07, 6.45) is 0. The van der Waals surface area contributed by atoms with E-state index >= 15 is 0 Å². The van der Waals surface area contributed by atoms with E-state index in [2.05, 4.69) is 10.3 Å². The predicted molar refractivity (Wildman–Crippen MR) is 71.0 cm³/mol. The number of Topliss-reactive ketones (excluding diaryl/α,β-unsaturated/α-hetero) is 1. The minimum atomic E-state index is -0.511. The van der Waals surface area contributed by atoms with Crippen LogP contribution in [0.5, 0.6) is 0 Å². The number of benzene rings is 1. The van der Waals surface area contributed by atoms with E-state index in [4.69, 9.17) is 4.74 Å². The van der Waals surface area contributed by atoms with Gasteiger partial charge in [-0.05, 0) is 38.1 Å². The number of ketones is 1. The second-order valence-corrected chi connectivity index (χ2v) is 4.42. The molecule has 2 atom stereocenters. The minimum absolute atomic E-state index is 0.0113. The number of nitrogens with one attached hydrogen (secondary N) is 1. The van der Waals surface area contributed by atoms with Gasteiger partial charge in [0.25, 0.3) is 0 Å². The highest BCUT2D eigenvalue weighted by molar-refractivity contribution is 6.02. The van der Waals surface area contributed by atoms with Crippen LogP contribution >= 0.6 is 0 Å². The van der Waals surface area contributed by atoms with Gasteiger partial charge in [-0.25, -0.2) is 9.38 Å². The second-order valence-electron chi connectivity index (χ2n) is 4.42. The third kappa shape index (κ3) is 3.17. The first-order valence-electron chi connectivity index (χ1n) is 6.35. The summed E-state index contributed by atoms with van der Waals surface area (Å²) >= 11 is 0. The van der Waals surface area contributed by atoms with Crippen LogP contribution in [0.3, 0.4) is 0 Å². The number of nitrogens with zero attached hydrogens (tertiary/aromatic N) is 1. The summed E-state index contributed by atoms with van der Waals surface area (Å²) in [7, 11) is 0. The molecule has 1 aliphatic rings. The van der Waals surface area contributed by atoms with Crippen molar-refractivity contribution in [3.8, 4) is 0 Å². The fourth-order valence-electron chi connectivity index (χ4n) is 1.95. The monoisotopic (exact) mass is 264 g/mol. The maximum absolute atomic E-state index is 12.8. The quantitative estimate of drug-likeness (QED) is 0.847. The van der Waals surface area contributed by atoms with Gasteiger partial charge in [0, 0.05) is 12.1 Å². The molecule has 0 saturated heterocycles. The van der Waals surface area contributed by atoms with Crippen LogP contribution in [0.25, 0.3) is 0 Å². The Morgan fingerprint density at radius 2 is 2.16 bits per heavy atom. The topological polar surface area (TPSA) is 50.7 Å². The van der Waals surface area contributed by atoms with Gasteiger partial charge in [0.15, 0.2) is 5.78 Å². The lowest BCUT2D eigenvalue weighted by Gasteiger charge is -2.25. The molecule has 19 heavy (non-hydrogen) atoms. The Bertz CT molecular complexity index is 485. The molecule has 0 aromatic heterocycles. The third-order valence-electron chi connectivity index (χ3n) is 2.99. The van der Waals surface area contributed by atoms with Gasteiger partial charge in [0.1, 0.15) is 11.9 Å². The second kappa shape index (κ2) is 5.93. The molecule has 1 heterocycles. The van der Waals surface area contributed by atoms with Crippen molar-refractivity contribution in [1.82, 2.24) is 5.32 Å². The number of halogens is 1. The molecule has 0 bridgehead atoms. The van der Waals surface area contributed by atoms with E-state index in [0.29, 0.717) is 24.6 Å². The average Bonchev–Trinajstić information content (AvgIpc) is 2.41. The zero-order valence-electron chi connectivity index (χ0n) is 11.0. The van der Waals surface area contributed by atoms with Crippen molar-refractivity contribution in [2.24, 2.45) is 4.99 Å². The Balaban J connectivity index is 2.17. The summed E-state index contributed by atoms with van der Waals surface area (Å²) in [5, 5.41) is 3.18. The zero-order valence-corrected chi connectivity index (χ0v) is 11.0. The SMILES string of the molecule is CCOC1=NC(C(=O)c2ccc(F)cc2)CNC1C. The lowest BCUT2D eigenvalue weighted by Crippen LogP contribution is -2.47. The molecular formula is C14H17FN2O2. The van der Waals surface area contributed by atoms with E-state index in [9.17, 15) is 9.18 Å². The van der Waals surface area contributed by atoms with Crippen molar-refractivity contribution < 1.29 is 13.9 Å². The Hall–Kier alpha value is -1.75. The van der Waals surface area contributed by atoms with Crippen LogP contribution in [-0.4, -0.2) is 36.9 Å². The van der Waals surface area contributed by atoms with Crippen LogP contribution < -0.4 is 5.32 Å². The molecule has 0 amide bonds. The molecule has 0 spiro atoms. The molecule has 2 unspecified atom stereocenters. The zero-order chi connectivity index (χ0) is 13.8. The maximum atomic E-state index is 12.8. The van der Waals surface area contributed by atoms with Crippen LogP contribution in [-0.2, 0) is 4.74 Å². The minimum Gasteiger partial charge on any atom is -0.480 e. The number of ether oxygens (including phenoxy) is 1. The maximum Gasteiger partial charge on any atom is 0.201 e.